The molecule has 0 radical (unpaired) electrons. The zero-order valence-corrected chi connectivity index (χ0v) is 11.6. The van der Waals surface area contributed by atoms with Crippen LogP contribution in [-0.2, 0) is 12.8 Å². The fourth-order valence-electron chi connectivity index (χ4n) is 3.16. The Bertz CT molecular complexity index is 355. The molecular formula is C15H23NS. The van der Waals surface area contributed by atoms with Crippen molar-refractivity contribution in [2.45, 2.75) is 57.9 Å². The molecule has 1 atom stereocenters. The van der Waals surface area contributed by atoms with Crippen LogP contribution in [0, 0.1) is 5.92 Å². The van der Waals surface area contributed by atoms with Crippen LogP contribution in [0.5, 0.6) is 0 Å². The van der Waals surface area contributed by atoms with E-state index in [1.54, 1.807) is 15.3 Å². The molecule has 1 unspecified atom stereocenters. The van der Waals surface area contributed by atoms with Crippen molar-refractivity contribution in [3.8, 4) is 0 Å². The highest BCUT2D eigenvalue weighted by Gasteiger charge is 2.29. The molecule has 0 bridgehead atoms. The molecule has 3 rings (SSSR count). The Morgan fingerprint density at radius 2 is 2.12 bits per heavy atom. The van der Waals surface area contributed by atoms with Crippen LogP contribution in [0.15, 0.2) is 6.07 Å². The van der Waals surface area contributed by atoms with Gasteiger partial charge in [-0.25, -0.2) is 0 Å². The molecule has 1 nitrogen and oxygen atoms in total. The smallest absolute Gasteiger partial charge is 0.0443 e. The lowest BCUT2D eigenvalue weighted by Crippen LogP contribution is -2.31. The van der Waals surface area contributed by atoms with Crippen LogP contribution in [0.25, 0.3) is 0 Å². The molecule has 0 aliphatic heterocycles. The first-order valence-electron chi connectivity index (χ1n) is 7.23. The number of thiophene rings is 1. The Morgan fingerprint density at radius 1 is 1.29 bits per heavy atom. The standard InChI is InChI=1S/C15H23NS/c1-2-16-15(11-7-5-8-11)14-10-12-6-3-4-9-13(12)17-14/h10-11,15-16H,2-9H2,1H3. The van der Waals surface area contributed by atoms with E-state index in [4.69, 9.17) is 0 Å². The van der Waals surface area contributed by atoms with Crippen molar-refractivity contribution in [3.05, 3.63) is 21.4 Å². The summed E-state index contributed by atoms with van der Waals surface area (Å²) in [6.45, 7) is 3.34. The molecule has 2 aliphatic rings. The number of fused-ring (bicyclic) bond motifs is 1. The van der Waals surface area contributed by atoms with Crippen molar-refractivity contribution >= 4 is 11.3 Å². The van der Waals surface area contributed by atoms with E-state index in [9.17, 15) is 0 Å². The van der Waals surface area contributed by atoms with Gasteiger partial charge in [0.25, 0.3) is 0 Å². The van der Waals surface area contributed by atoms with Crippen molar-refractivity contribution in [2.24, 2.45) is 5.92 Å². The molecule has 1 fully saturated rings. The molecular weight excluding hydrogens is 226 g/mol. The quantitative estimate of drug-likeness (QED) is 0.848. The van der Waals surface area contributed by atoms with Crippen LogP contribution >= 0.6 is 11.3 Å². The number of nitrogens with one attached hydrogen (secondary N) is 1. The van der Waals surface area contributed by atoms with Crippen LogP contribution < -0.4 is 5.32 Å². The van der Waals surface area contributed by atoms with Gasteiger partial charge in [0.2, 0.25) is 0 Å². The van der Waals surface area contributed by atoms with Gasteiger partial charge in [-0.15, -0.1) is 11.3 Å². The van der Waals surface area contributed by atoms with Gasteiger partial charge < -0.3 is 5.32 Å². The van der Waals surface area contributed by atoms with Gasteiger partial charge >= 0.3 is 0 Å². The van der Waals surface area contributed by atoms with Crippen molar-refractivity contribution in [1.29, 1.82) is 0 Å². The average Bonchev–Trinajstić information content (AvgIpc) is 2.69. The largest absolute Gasteiger partial charge is 0.309 e. The van der Waals surface area contributed by atoms with E-state index in [1.807, 2.05) is 0 Å². The predicted octanol–water partition coefficient (Wildman–Crippen LogP) is 4.08. The van der Waals surface area contributed by atoms with Gasteiger partial charge in [0.05, 0.1) is 0 Å². The van der Waals surface area contributed by atoms with E-state index in [1.165, 1.54) is 44.9 Å². The lowest BCUT2D eigenvalue weighted by atomic mass is 9.79. The van der Waals surface area contributed by atoms with Gasteiger partial charge in [0, 0.05) is 15.8 Å². The molecule has 0 spiro atoms. The van der Waals surface area contributed by atoms with E-state index in [0.717, 1.165) is 12.5 Å². The summed E-state index contributed by atoms with van der Waals surface area (Å²) < 4.78 is 0. The first kappa shape index (κ1) is 11.7. The summed E-state index contributed by atoms with van der Waals surface area (Å²) in [4.78, 5) is 3.32. The summed E-state index contributed by atoms with van der Waals surface area (Å²) in [6.07, 6.45) is 9.78. The molecule has 2 aliphatic carbocycles. The number of hydrogen-bond donors (Lipinski definition) is 1. The third-order valence-electron chi connectivity index (χ3n) is 4.37. The predicted molar refractivity (Wildman–Crippen MR) is 74.7 cm³/mol. The molecule has 17 heavy (non-hydrogen) atoms. The molecule has 1 heterocycles. The molecule has 0 amide bonds. The Kier molecular flexibility index (Phi) is 3.53. The maximum absolute atomic E-state index is 3.72. The summed E-state index contributed by atoms with van der Waals surface area (Å²) in [7, 11) is 0. The Hall–Kier alpha value is -0.340. The number of rotatable bonds is 4. The third kappa shape index (κ3) is 2.30. The van der Waals surface area contributed by atoms with Crippen LogP contribution in [0.4, 0.5) is 0 Å². The molecule has 1 saturated carbocycles. The summed E-state index contributed by atoms with van der Waals surface area (Å²) in [5, 5.41) is 3.72. The van der Waals surface area contributed by atoms with Gasteiger partial charge in [-0.1, -0.05) is 13.3 Å². The normalized spacial score (nSPS) is 21.9. The van der Waals surface area contributed by atoms with Crippen LogP contribution in [-0.4, -0.2) is 6.54 Å². The first-order chi connectivity index (χ1) is 8.38. The van der Waals surface area contributed by atoms with Crippen molar-refractivity contribution < 1.29 is 0 Å². The van der Waals surface area contributed by atoms with Crippen molar-refractivity contribution in [2.75, 3.05) is 6.54 Å². The summed E-state index contributed by atoms with van der Waals surface area (Å²) in [5.74, 6) is 0.912. The van der Waals surface area contributed by atoms with E-state index >= 15 is 0 Å². The maximum atomic E-state index is 3.72. The Labute approximate surface area is 109 Å². The lowest BCUT2D eigenvalue weighted by Gasteiger charge is -2.33. The molecule has 0 aromatic carbocycles. The van der Waals surface area contributed by atoms with Crippen LogP contribution in [0.1, 0.15) is 60.4 Å². The second-order valence-electron chi connectivity index (χ2n) is 5.53. The minimum absolute atomic E-state index is 0.657. The molecule has 94 valence electrons. The zero-order chi connectivity index (χ0) is 11.7. The van der Waals surface area contributed by atoms with Crippen LogP contribution in [0.3, 0.4) is 0 Å². The topological polar surface area (TPSA) is 12.0 Å². The van der Waals surface area contributed by atoms with Gasteiger partial charge in [-0.05, 0) is 62.6 Å². The Morgan fingerprint density at radius 3 is 2.76 bits per heavy atom. The van der Waals surface area contributed by atoms with E-state index in [0.29, 0.717) is 6.04 Å². The second-order valence-corrected chi connectivity index (χ2v) is 6.70. The van der Waals surface area contributed by atoms with Crippen molar-refractivity contribution in [3.63, 3.8) is 0 Å². The van der Waals surface area contributed by atoms with E-state index in [2.05, 4.69) is 29.6 Å². The highest BCUT2D eigenvalue weighted by atomic mass is 32.1. The van der Waals surface area contributed by atoms with Gasteiger partial charge in [0.1, 0.15) is 0 Å². The minimum atomic E-state index is 0.657. The summed E-state index contributed by atoms with van der Waals surface area (Å²) in [5.41, 5.74) is 1.67. The lowest BCUT2D eigenvalue weighted by molar-refractivity contribution is 0.236. The van der Waals surface area contributed by atoms with Gasteiger partial charge in [-0.3, -0.25) is 0 Å². The molecule has 1 N–H and O–H groups in total. The Balaban J connectivity index is 1.81. The average molecular weight is 249 g/mol. The summed E-state index contributed by atoms with van der Waals surface area (Å²) in [6, 6.07) is 3.18. The molecule has 0 saturated heterocycles. The first-order valence-corrected chi connectivity index (χ1v) is 8.05. The fourth-order valence-corrected chi connectivity index (χ4v) is 4.59. The van der Waals surface area contributed by atoms with Gasteiger partial charge in [0.15, 0.2) is 0 Å². The molecule has 1 aromatic rings. The SMILES string of the molecule is CCNC(c1cc2c(s1)CCCC2)C1CCC1. The maximum Gasteiger partial charge on any atom is 0.0443 e. The number of aryl methyl sites for hydroxylation is 2. The second kappa shape index (κ2) is 5.11. The number of hydrogen-bond acceptors (Lipinski definition) is 2. The van der Waals surface area contributed by atoms with Crippen LogP contribution in [0.2, 0.25) is 0 Å². The highest BCUT2D eigenvalue weighted by Crippen LogP contribution is 2.42. The third-order valence-corrected chi connectivity index (χ3v) is 5.69. The van der Waals surface area contributed by atoms with E-state index in [-0.39, 0.29) is 0 Å². The van der Waals surface area contributed by atoms with Crippen molar-refractivity contribution in [1.82, 2.24) is 5.32 Å². The summed E-state index contributed by atoms with van der Waals surface area (Å²) >= 11 is 2.10. The minimum Gasteiger partial charge on any atom is -0.309 e. The van der Waals surface area contributed by atoms with Gasteiger partial charge in [-0.2, -0.15) is 0 Å². The monoisotopic (exact) mass is 249 g/mol. The zero-order valence-electron chi connectivity index (χ0n) is 10.8. The fraction of sp³-hybridized carbons (Fsp3) is 0.733. The molecule has 1 aromatic heterocycles. The highest BCUT2D eigenvalue weighted by molar-refractivity contribution is 7.12. The molecule has 2 heteroatoms. The van der Waals surface area contributed by atoms with E-state index < -0.39 is 0 Å².